The maximum atomic E-state index is 13.6. The van der Waals surface area contributed by atoms with Gasteiger partial charge in [0.15, 0.2) is 0 Å². The monoisotopic (exact) mass is 294 g/mol. The van der Waals surface area contributed by atoms with Crippen molar-refractivity contribution in [2.24, 2.45) is 0 Å². The molecule has 0 aliphatic rings. The minimum absolute atomic E-state index is 0. The lowest BCUT2D eigenvalue weighted by Crippen LogP contribution is -2.10. The van der Waals surface area contributed by atoms with E-state index in [9.17, 15) is 9.18 Å². The van der Waals surface area contributed by atoms with Gasteiger partial charge >= 0.3 is 5.97 Å². The van der Waals surface area contributed by atoms with Crippen molar-refractivity contribution in [2.75, 3.05) is 7.11 Å². The molecule has 2 rings (SSSR count). The summed E-state index contributed by atoms with van der Waals surface area (Å²) < 4.78 is 18.3. The van der Waals surface area contributed by atoms with Crippen LogP contribution in [0.1, 0.15) is 18.4 Å². The number of benzene rings is 2. The third-order valence-electron chi connectivity index (χ3n) is 3.15. The molecule has 1 unspecified atom stereocenters. The molecule has 0 aromatic heterocycles. The second kappa shape index (κ2) is 7.06. The Morgan fingerprint density at radius 1 is 1.10 bits per heavy atom. The molecule has 0 aliphatic carbocycles. The summed E-state index contributed by atoms with van der Waals surface area (Å²) in [6.45, 7) is 1.78. The van der Waals surface area contributed by atoms with E-state index < -0.39 is 0 Å². The smallest absolute Gasteiger partial charge is 0.312 e. The van der Waals surface area contributed by atoms with Crippen molar-refractivity contribution in [3.05, 3.63) is 59.9 Å². The lowest BCUT2D eigenvalue weighted by molar-refractivity contribution is -0.141. The first kappa shape index (κ1) is 16.2. The Bertz CT molecular complexity index is 581. The molecule has 4 heteroatoms. The molecule has 0 bridgehead atoms. The van der Waals surface area contributed by atoms with Crippen LogP contribution in [0.3, 0.4) is 0 Å². The maximum Gasteiger partial charge on any atom is 0.312 e. The number of carbonyl (C=O) groups is 1. The van der Waals surface area contributed by atoms with Gasteiger partial charge in [-0.05, 0) is 24.1 Å². The van der Waals surface area contributed by atoms with Crippen LogP contribution < -0.4 is 0 Å². The van der Waals surface area contributed by atoms with Gasteiger partial charge in [0.1, 0.15) is 5.82 Å². The van der Waals surface area contributed by atoms with Crippen molar-refractivity contribution < 1.29 is 13.9 Å². The topological polar surface area (TPSA) is 26.3 Å². The van der Waals surface area contributed by atoms with Crippen LogP contribution in [0, 0.1) is 5.82 Å². The van der Waals surface area contributed by atoms with Gasteiger partial charge in [0.05, 0.1) is 13.0 Å². The third-order valence-corrected chi connectivity index (χ3v) is 3.15. The van der Waals surface area contributed by atoms with Crippen molar-refractivity contribution >= 4 is 18.4 Å². The van der Waals surface area contributed by atoms with Gasteiger partial charge < -0.3 is 4.74 Å². The molecule has 0 fully saturated rings. The lowest BCUT2D eigenvalue weighted by Gasteiger charge is -2.10. The largest absolute Gasteiger partial charge is 0.469 e. The molecule has 0 amide bonds. The van der Waals surface area contributed by atoms with Crippen LogP contribution in [-0.4, -0.2) is 13.1 Å². The molecular weight excluding hydrogens is 279 g/mol. The predicted molar refractivity (Wildman–Crippen MR) is 79.5 cm³/mol. The highest BCUT2D eigenvalue weighted by Gasteiger charge is 2.15. The van der Waals surface area contributed by atoms with Gasteiger partial charge in [-0.25, -0.2) is 4.39 Å². The highest BCUT2D eigenvalue weighted by molar-refractivity contribution is 5.85. The van der Waals surface area contributed by atoms with Gasteiger partial charge in [-0.2, -0.15) is 0 Å². The van der Waals surface area contributed by atoms with Crippen LogP contribution in [0.15, 0.2) is 48.5 Å². The van der Waals surface area contributed by atoms with Crippen molar-refractivity contribution in [2.45, 2.75) is 12.8 Å². The van der Waals surface area contributed by atoms with E-state index in [2.05, 4.69) is 0 Å². The molecule has 2 nitrogen and oxygen atoms in total. The molecule has 0 aliphatic heterocycles. The summed E-state index contributed by atoms with van der Waals surface area (Å²) >= 11 is 0. The number of ether oxygens (including phenoxy) is 1. The second-order valence-corrected chi connectivity index (χ2v) is 4.35. The zero-order chi connectivity index (χ0) is 13.8. The summed E-state index contributed by atoms with van der Waals surface area (Å²) in [4.78, 5) is 11.4. The minimum Gasteiger partial charge on any atom is -0.469 e. The van der Waals surface area contributed by atoms with E-state index in [1.165, 1.54) is 13.2 Å². The number of rotatable bonds is 3. The maximum absolute atomic E-state index is 13.6. The summed E-state index contributed by atoms with van der Waals surface area (Å²) in [5.41, 5.74) is 2.20. The Balaban J connectivity index is 0.00000200. The fraction of sp³-hybridized carbons (Fsp3) is 0.188. The molecule has 0 N–H and O–H groups in total. The average Bonchev–Trinajstić information content (AvgIpc) is 2.46. The highest BCUT2D eigenvalue weighted by Crippen LogP contribution is 2.25. The summed E-state index contributed by atoms with van der Waals surface area (Å²) in [5.74, 6) is -0.852. The van der Waals surface area contributed by atoms with Crippen LogP contribution in [0.25, 0.3) is 11.1 Å². The Hall–Kier alpha value is -1.87. The first-order valence-electron chi connectivity index (χ1n) is 6.06. The molecule has 20 heavy (non-hydrogen) atoms. The highest BCUT2D eigenvalue weighted by atomic mass is 35.5. The van der Waals surface area contributed by atoms with E-state index in [1.807, 2.05) is 24.3 Å². The van der Waals surface area contributed by atoms with Crippen LogP contribution in [0.5, 0.6) is 0 Å². The van der Waals surface area contributed by atoms with E-state index in [0.29, 0.717) is 5.56 Å². The number of methoxy groups -OCH3 is 1. The SMILES string of the molecule is COC(=O)C(C)c1ccc(-c2ccccc2F)cc1.Cl. The molecule has 0 spiro atoms. The predicted octanol–water partition coefficient (Wildman–Crippen LogP) is 4.19. The van der Waals surface area contributed by atoms with Gasteiger partial charge in [0, 0.05) is 5.56 Å². The number of hydrogen-bond donors (Lipinski definition) is 0. The molecule has 2 aromatic carbocycles. The van der Waals surface area contributed by atoms with Crippen LogP contribution in [-0.2, 0) is 9.53 Å². The van der Waals surface area contributed by atoms with Crippen LogP contribution >= 0.6 is 12.4 Å². The average molecular weight is 295 g/mol. The van der Waals surface area contributed by atoms with Gasteiger partial charge in [-0.15, -0.1) is 12.4 Å². The van der Waals surface area contributed by atoms with E-state index in [4.69, 9.17) is 4.74 Å². The molecule has 0 radical (unpaired) electrons. The molecular formula is C16H16ClFO2. The van der Waals surface area contributed by atoms with E-state index in [0.717, 1.165) is 11.1 Å². The summed E-state index contributed by atoms with van der Waals surface area (Å²) in [6, 6.07) is 13.9. The zero-order valence-corrected chi connectivity index (χ0v) is 12.1. The van der Waals surface area contributed by atoms with Gasteiger partial charge in [-0.1, -0.05) is 42.5 Å². The minimum atomic E-state index is -0.320. The Labute approximate surface area is 124 Å². The number of carbonyl (C=O) groups excluding carboxylic acids is 1. The number of hydrogen-bond acceptors (Lipinski definition) is 2. The Morgan fingerprint density at radius 2 is 1.70 bits per heavy atom. The molecule has 0 heterocycles. The molecule has 1 atom stereocenters. The zero-order valence-electron chi connectivity index (χ0n) is 11.3. The van der Waals surface area contributed by atoms with E-state index in [1.54, 1.807) is 25.1 Å². The first-order chi connectivity index (χ1) is 9.13. The normalized spacial score (nSPS) is 11.3. The summed E-state index contributed by atoms with van der Waals surface area (Å²) in [6.07, 6.45) is 0. The van der Waals surface area contributed by atoms with Gasteiger partial charge in [0.2, 0.25) is 0 Å². The number of esters is 1. The third kappa shape index (κ3) is 3.36. The molecule has 2 aromatic rings. The van der Waals surface area contributed by atoms with E-state index in [-0.39, 0.29) is 30.1 Å². The van der Waals surface area contributed by atoms with Crippen molar-refractivity contribution in [3.8, 4) is 11.1 Å². The Kier molecular flexibility index (Phi) is 5.71. The summed E-state index contributed by atoms with van der Waals surface area (Å²) in [5, 5.41) is 0. The molecule has 0 saturated carbocycles. The summed E-state index contributed by atoms with van der Waals surface area (Å²) in [7, 11) is 1.37. The van der Waals surface area contributed by atoms with Crippen LogP contribution in [0.2, 0.25) is 0 Å². The standard InChI is InChI=1S/C16H15FO2.ClH/c1-11(16(18)19-2)12-7-9-13(10-8-12)14-5-3-4-6-15(14)17;/h3-11H,1-2H3;1H. The Morgan fingerprint density at radius 3 is 2.25 bits per heavy atom. The second-order valence-electron chi connectivity index (χ2n) is 4.35. The fourth-order valence-corrected chi connectivity index (χ4v) is 1.96. The first-order valence-corrected chi connectivity index (χ1v) is 6.06. The number of halogens is 2. The fourth-order valence-electron chi connectivity index (χ4n) is 1.96. The van der Waals surface area contributed by atoms with Crippen molar-refractivity contribution in [1.29, 1.82) is 0 Å². The van der Waals surface area contributed by atoms with Gasteiger partial charge in [-0.3, -0.25) is 4.79 Å². The molecule has 0 saturated heterocycles. The molecule has 106 valence electrons. The van der Waals surface area contributed by atoms with Crippen molar-refractivity contribution in [1.82, 2.24) is 0 Å². The van der Waals surface area contributed by atoms with Gasteiger partial charge in [0.25, 0.3) is 0 Å². The van der Waals surface area contributed by atoms with Crippen LogP contribution in [0.4, 0.5) is 4.39 Å². The van der Waals surface area contributed by atoms with E-state index >= 15 is 0 Å². The van der Waals surface area contributed by atoms with Crippen molar-refractivity contribution in [3.63, 3.8) is 0 Å². The quantitative estimate of drug-likeness (QED) is 0.793. The lowest BCUT2D eigenvalue weighted by atomic mass is 9.97.